The van der Waals surface area contributed by atoms with E-state index in [1.54, 1.807) is 18.2 Å². The highest BCUT2D eigenvalue weighted by Crippen LogP contribution is 2.22. The summed E-state index contributed by atoms with van der Waals surface area (Å²) < 4.78 is 7.03. The van der Waals surface area contributed by atoms with Crippen molar-refractivity contribution in [3.8, 4) is 11.3 Å². The van der Waals surface area contributed by atoms with Crippen molar-refractivity contribution < 1.29 is 14.0 Å². The maximum atomic E-state index is 12.4. The van der Waals surface area contributed by atoms with Gasteiger partial charge in [-0.25, -0.2) is 0 Å². The molecule has 0 saturated carbocycles. The molecule has 2 heterocycles. The van der Waals surface area contributed by atoms with Crippen molar-refractivity contribution in [3.63, 3.8) is 0 Å². The molecule has 4 aromatic rings. The average Bonchev–Trinajstić information content (AvgIpc) is 3.53. The second-order valence-electron chi connectivity index (χ2n) is 7.72. The summed E-state index contributed by atoms with van der Waals surface area (Å²) in [7, 11) is 0. The van der Waals surface area contributed by atoms with Crippen molar-refractivity contribution in [1.82, 2.24) is 20.4 Å². The third-order valence-electron chi connectivity index (χ3n) is 5.14. The summed E-state index contributed by atoms with van der Waals surface area (Å²) in [5, 5.41) is 10.4. The molecule has 0 aliphatic rings. The van der Waals surface area contributed by atoms with Gasteiger partial charge in [0.05, 0.1) is 18.5 Å². The number of furan rings is 1. The first kappa shape index (κ1) is 22.8. The predicted molar refractivity (Wildman–Crippen MR) is 130 cm³/mol. The summed E-state index contributed by atoms with van der Waals surface area (Å²) in [6.45, 7) is 1.24. The van der Waals surface area contributed by atoms with Crippen molar-refractivity contribution in [2.24, 2.45) is 0 Å². The lowest BCUT2D eigenvalue weighted by Crippen LogP contribution is -2.29. The largest absolute Gasteiger partial charge is 0.465 e. The van der Waals surface area contributed by atoms with Gasteiger partial charge in [-0.15, -0.1) is 0 Å². The number of rotatable bonds is 10. The Morgan fingerprint density at radius 1 is 0.941 bits per heavy atom. The van der Waals surface area contributed by atoms with Crippen LogP contribution in [0, 0.1) is 0 Å². The molecule has 0 fully saturated rings. The molecule has 0 radical (unpaired) electrons. The number of nitrogens with zero attached hydrogens (tertiary/aromatic N) is 2. The molecule has 0 bridgehead atoms. The molecule has 2 aromatic carbocycles. The number of benzene rings is 2. The van der Waals surface area contributed by atoms with Crippen LogP contribution in [0.4, 0.5) is 0 Å². The minimum atomic E-state index is -0.280. The Bertz CT molecular complexity index is 1230. The fourth-order valence-electron chi connectivity index (χ4n) is 3.47. The van der Waals surface area contributed by atoms with Crippen LogP contribution in [-0.4, -0.2) is 28.1 Å². The van der Waals surface area contributed by atoms with Crippen LogP contribution in [0.25, 0.3) is 17.3 Å². The summed E-state index contributed by atoms with van der Waals surface area (Å²) >= 11 is 0. The second kappa shape index (κ2) is 11.5. The Hall–Kier alpha value is -4.39. The highest BCUT2D eigenvalue weighted by molar-refractivity contribution is 5.91. The molecule has 7 nitrogen and oxygen atoms in total. The molecule has 7 heteroatoms. The van der Waals surface area contributed by atoms with Gasteiger partial charge in [0.15, 0.2) is 0 Å². The minimum Gasteiger partial charge on any atom is -0.465 e. The molecule has 0 unspecified atom stereocenters. The lowest BCUT2D eigenvalue weighted by Gasteiger charge is -2.06. The zero-order valence-corrected chi connectivity index (χ0v) is 18.7. The Morgan fingerprint density at radius 3 is 2.44 bits per heavy atom. The van der Waals surface area contributed by atoms with Crippen LogP contribution in [-0.2, 0) is 22.7 Å². The average molecular weight is 455 g/mol. The first-order valence-electron chi connectivity index (χ1n) is 11.1. The SMILES string of the molecule is O=C(/C=C/c1ccco1)NCCC(=O)NCc1cn(Cc2ccccc2)nc1-c1ccccc1. The highest BCUT2D eigenvalue weighted by Gasteiger charge is 2.13. The molecule has 0 atom stereocenters. The van der Waals surface area contributed by atoms with Crippen molar-refractivity contribution in [2.75, 3.05) is 6.54 Å². The summed E-state index contributed by atoms with van der Waals surface area (Å²) in [6, 6.07) is 23.5. The van der Waals surface area contributed by atoms with Crippen molar-refractivity contribution in [1.29, 1.82) is 0 Å². The number of carbonyl (C=O) groups is 2. The van der Waals surface area contributed by atoms with E-state index in [9.17, 15) is 9.59 Å². The number of amides is 2. The third-order valence-corrected chi connectivity index (χ3v) is 5.14. The van der Waals surface area contributed by atoms with Crippen LogP contribution in [0.5, 0.6) is 0 Å². The fraction of sp³-hybridized carbons (Fsp3) is 0.148. The number of carbonyl (C=O) groups excluding carboxylic acids is 2. The quantitative estimate of drug-likeness (QED) is 0.354. The zero-order valence-electron chi connectivity index (χ0n) is 18.7. The summed E-state index contributed by atoms with van der Waals surface area (Å²) in [5.41, 5.74) is 3.92. The molecular weight excluding hydrogens is 428 g/mol. The fourth-order valence-corrected chi connectivity index (χ4v) is 3.47. The van der Waals surface area contributed by atoms with E-state index in [2.05, 4.69) is 22.8 Å². The maximum absolute atomic E-state index is 12.4. The Kier molecular flexibility index (Phi) is 7.69. The van der Waals surface area contributed by atoms with E-state index in [4.69, 9.17) is 9.52 Å². The van der Waals surface area contributed by atoms with Gasteiger partial charge in [-0.3, -0.25) is 14.3 Å². The number of hydrogen-bond acceptors (Lipinski definition) is 4. The molecular formula is C27H26N4O3. The van der Waals surface area contributed by atoms with Gasteiger partial charge >= 0.3 is 0 Å². The number of nitrogens with one attached hydrogen (secondary N) is 2. The van der Waals surface area contributed by atoms with Crippen LogP contribution in [0.1, 0.15) is 23.3 Å². The van der Waals surface area contributed by atoms with Gasteiger partial charge in [0, 0.05) is 42.9 Å². The lowest BCUT2D eigenvalue weighted by molar-refractivity contribution is -0.121. The molecule has 2 amide bonds. The van der Waals surface area contributed by atoms with Gasteiger partial charge in [-0.05, 0) is 23.8 Å². The van der Waals surface area contributed by atoms with Crippen molar-refractivity contribution in [2.45, 2.75) is 19.5 Å². The molecule has 2 N–H and O–H groups in total. The topological polar surface area (TPSA) is 89.2 Å². The van der Waals surface area contributed by atoms with Crippen LogP contribution in [0.3, 0.4) is 0 Å². The van der Waals surface area contributed by atoms with Crippen molar-refractivity contribution in [3.05, 3.63) is 108 Å². The standard InChI is InChI=1S/C27H26N4O3/c32-25(14-13-24-12-7-17-34-24)28-16-15-26(33)29-18-23-20-31(19-21-8-3-1-4-9-21)30-27(23)22-10-5-2-6-11-22/h1-14,17,20H,15-16,18-19H2,(H,28,32)(H,29,33)/b14-13+. The van der Waals surface area contributed by atoms with Gasteiger partial charge in [0.25, 0.3) is 0 Å². The summed E-state index contributed by atoms with van der Waals surface area (Å²) in [4.78, 5) is 24.2. The monoisotopic (exact) mass is 454 g/mol. The molecule has 2 aromatic heterocycles. The molecule has 0 aliphatic carbocycles. The van der Waals surface area contributed by atoms with Gasteiger partial charge in [0.1, 0.15) is 5.76 Å². The van der Waals surface area contributed by atoms with Gasteiger partial charge in [-0.1, -0.05) is 60.7 Å². The lowest BCUT2D eigenvalue weighted by atomic mass is 10.1. The molecule has 0 saturated heterocycles. The Labute approximate surface area is 198 Å². The zero-order chi connectivity index (χ0) is 23.6. The normalized spacial score (nSPS) is 10.9. The van der Waals surface area contributed by atoms with E-state index in [1.807, 2.05) is 59.4 Å². The van der Waals surface area contributed by atoms with E-state index >= 15 is 0 Å². The Balaban J connectivity index is 1.33. The van der Waals surface area contributed by atoms with Gasteiger partial charge in [0.2, 0.25) is 11.8 Å². The molecule has 172 valence electrons. The van der Waals surface area contributed by atoms with Crippen LogP contribution < -0.4 is 10.6 Å². The van der Waals surface area contributed by atoms with Gasteiger partial charge in [-0.2, -0.15) is 5.10 Å². The number of aromatic nitrogens is 2. The third kappa shape index (κ3) is 6.56. The van der Waals surface area contributed by atoms with Crippen LogP contribution in [0.15, 0.2) is 95.7 Å². The summed E-state index contributed by atoms with van der Waals surface area (Å²) in [6.07, 6.45) is 6.64. The highest BCUT2D eigenvalue weighted by atomic mass is 16.3. The van der Waals surface area contributed by atoms with Crippen LogP contribution >= 0.6 is 0 Å². The van der Waals surface area contributed by atoms with Crippen molar-refractivity contribution >= 4 is 17.9 Å². The first-order valence-corrected chi connectivity index (χ1v) is 11.1. The van der Waals surface area contributed by atoms with Crippen LogP contribution in [0.2, 0.25) is 0 Å². The Morgan fingerprint density at radius 2 is 1.71 bits per heavy atom. The smallest absolute Gasteiger partial charge is 0.244 e. The number of hydrogen-bond donors (Lipinski definition) is 2. The van der Waals surface area contributed by atoms with E-state index in [1.165, 1.54) is 12.3 Å². The molecule has 4 rings (SSSR count). The van der Waals surface area contributed by atoms with E-state index < -0.39 is 0 Å². The molecule has 0 aliphatic heterocycles. The maximum Gasteiger partial charge on any atom is 0.244 e. The van der Waals surface area contributed by atoms with E-state index in [-0.39, 0.29) is 24.8 Å². The van der Waals surface area contributed by atoms with E-state index in [0.29, 0.717) is 18.8 Å². The van der Waals surface area contributed by atoms with Gasteiger partial charge < -0.3 is 15.1 Å². The predicted octanol–water partition coefficient (Wildman–Crippen LogP) is 4.03. The molecule has 34 heavy (non-hydrogen) atoms. The first-order chi connectivity index (χ1) is 16.7. The van der Waals surface area contributed by atoms with E-state index in [0.717, 1.165) is 22.4 Å². The summed E-state index contributed by atoms with van der Waals surface area (Å²) in [5.74, 6) is 0.165. The molecule has 0 spiro atoms. The second-order valence-corrected chi connectivity index (χ2v) is 7.72. The minimum absolute atomic E-state index is 0.148.